The predicted octanol–water partition coefficient (Wildman–Crippen LogP) is 2.76. The molecule has 0 bridgehead atoms. The van der Waals surface area contributed by atoms with Crippen LogP contribution in [0.15, 0.2) is 0 Å². The molecule has 19 heavy (non-hydrogen) atoms. The molecule has 3 nitrogen and oxygen atoms in total. The van der Waals surface area contributed by atoms with Crippen LogP contribution < -0.4 is 0 Å². The molecule has 0 spiro atoms. The lowest BCUT2D eigenvalue weighted by atomic mass is 10.1. The topological polar surface area (TPSA) is 9.49 Å². The van der Waals surface area contributed by atoms with Crippen molar-refractivity contribution in [3.8, 4) is 0 Å². The number of fused-ring (bicyclic) bond motifs is 1. The molecule has 0 aromatic carbocycles. The SMILES string of the molecule is CCCCCCCCN1CCCN2CCC[N+](C)=C12. The summed E-state index contributed by atoms with van der Waals surface area (Å²) in [6.07, 6.45) is 11.1. The largest absolute Gasteiger partial charge is 0.350 e. The number of hydrogen-bond acceptors (Lipinski definition) is 2. The molecule has 2 aliphatic heterocycles. The van der Waals surface area contributed by atoms with Gasteiger partial charge >= 0.3 is 5.96 Å². The Hall–Kier alpha value is -0.730. The van der Waals surface area contributed by atoms with Gasteiger partial charge in [-0.05, 0) is 6.42 Å². The Morgan fingerprint density at radius 2 is 1.68 bits per heavy atom. The molecular formula is C16H32N3+. The molecule has 2 heterocycles. The van der Waals surface area contributed by atoms with Gasteiger partial charge in [-0.2, -0.15) is 0 Å². The van der Waals surface area contributed by atoms with Gasteiger partial charge in [0.25, 0.3) is 0 Å². The average Bonchev–Trinajstić information content (AvgIpc) is 2.43. The first kappa shape index (κ1) is 14.7. The van der Waals surface area contributed by atoms with Crippen LogP contribution in [0.1, 0.15) is 58.3 Å². The summed E-state index contributed by atoms with van der Waals surface area (Å²) in [4.78, 5) is 5.24. The molecule has 0 unspecified atom stereocenters. The molecule has 2 rings (SSSR count). The second-order valence-electron chi connectivity index (χ2n) is 6.17. The van der Waals surface area contributed by atoms with Crippen LogP contribution in [0.2, 0.25) is 0 Å². The Morgan fingerprint density at radius 1 is 0.947 bits per heavy atom. The molecular weight excluding hydrogens is 234 g/mol. The Morgan fingerprint density at radius 3 is 2.53 bits per heavy atom. The maximum atomic E-state index is 2.64. The van der Waals surface area contributed by atoms with E-state index < -0.39 is 0 Å². The van der Waals surface area contributed by atoms with Crippen LogP contribution in [-0.4, -0.2) is 60.1 Å². The molecule has 1 fully saturated rings. The highest BCUT2D eigenvalue weighted by Crippen LogP contribution is 2.14. The van der Waals surface area contributed by atoms with E-state index in [0.29, 0.717) is 0 Å². The van der Waals surface area contributed by atoms with Gasteiger partial charge in [0.05, 0.1) is 39.8 Å². The zero-order chi connectivity index (χ0) is 13.5. The zero-order valence-electron chi connectivity index (χ0n) is 13.0. The van der Waals surface area contributed by atoms with Crippen molar-refractivity contribution in [2.45, 2.75) is 58.3 Å². The normalized spacial score (nSPS) is 19.9. The summed E-state index contributed by atoms with van der Waals surface area (Å²) >= 11 is 0. The van der Waals surface area contributed by atoms with Crippen molar-refractivity contribution in [1.82, 2.24) is 9.80 Å². The standard InChI is InChI=1S/C16H32N3/c1-3-4-5-6-7-8-12-18-14-10-15-19-13-9-11-17(2)16(18)19/h3-15H2,1-2H3/q+1. The van der Waals surface area contributed by atoms with E-state index in [1.54, 1.807) is 0 Å². The first-order valence-corrected chi connectivity index (χ1v) is 8.41. The first-order valence-electron chi connectivity index (χ1n) is 8.41. The second kappa shape index (κ2) is 7.76. The van der Waals surface area contributed by atoms with Crippen LogP contribution in [0.5, 0.6) is 0 Å². The van der Waals surface area contributed by atoms with Crippen molar-refractivity contribution < 1.29 is 4.58 Å². The van der Waals surface area contributed by atoms with Crippen molar-refractivity contribution in [3.05, 3.63) is 0 Å². The molecule has 0 N–H and O–H groups in total. The molecule has 3 heteroatoms. The van der Waals surface area contributed by atoms with Crippen molar-refractivity contribution in [2.24, 2.45) is 0 Å². The smallest absolute Gasteiger partial charge is 0.267 e. The summed E-state index contributed by atoms with van der Waals surface area (Å²) in [5.74, 6) is 1.52. The summed E-state index contributed by atoms with van der Waals surface area (Å²) in [6.45, 7) is 8.60. The van der Waals surface area contributed by atoms with Crippen LogP contribution >= 0.6 is 0 Å². The lowest BCUT2D eigenvalue weighted by Crippen LogP contribution is -2.57. The van der Waals surface area contributed by atoms with Gasteiger partial charge in [0.15, 0.2) is 0 Å². The molecule has 0 aromatic rings. The number of rotatable bonds is 7. The fourth-order valence-corrected chi connectivity index (χ4v) is 3.44. The van der Waals surface area contributed by atoms with Crippen molar-refractivity contribution in [1.29, 1.82) is 0 Å². The molecule has 0 aromatic heterocycles. The van der Waals surface area contributed by atoms with Crippen LogP contribution in [0.25, 0.3) is 0 Å². The zero-order valence-corrected chi connectivity index (χ0v) is 13.0. The van der Waals surface area contributed by atoms with Gasteiger partial charge in [0, 0.05) is 12.8 Å². The molecule has 1 saturated heterocycles. The third-order valence-electron chi connectivity index (χ3n) is 4.47. The number of unbranched alkanes of at least 4 members (excludes halogenated alkanes) is 5. The van der Waals surface area contributed by atoms with Gasteiger partial charge in [-0.15, -0.1) is 0 Å². The highest BCUT2D eigenvalue weighted by atomic mass is 15.4. The number of nitrogens with zero attached hydrogens (tertiary/aromatic N) is 3. The van der Waals surface area contributed by atoms with Crippen molar-refractivity contribution >= 4 is 5.96 Å². The summed E-state index contributed by atoms with van der Waals surface area (Å²) < 4.78 is 2.47. The van der Waals surface area contributed by atoms with Crippen LogP contribution in [0.3, 0.4) is 0 Å². The van der Waals surface area contributed by atoms with E-state index in [9.17, 15) is 0 Å². The maximum Gasteiger partial charge on any atom is 0.350 e. The second-order valence-corrected chi connectivity index (χ2v) is 6.17. The van der Waals surface area contributed by atoms with E-state index in [1.807, 2.05) is 0 Å². The number of hydrogen-bond donors (Lipinski definition) is 0. The van der Waals surface area contributed by atoms with E-state index >= 15 is 0 Å². The minimum absolute atomic E-state index is 1.23. The molecule has 110 valence electrons. The van der Waals surface area contributed by atoms with E-state index in [2.05, 4.69) is 28.3 Å². The lowest BCUT2D eigenvalue weighted by molar-refractivity contribution is -0.515. The third kappa shape index (κ3) is 4.12. The Balaban J connectivity index is 1.75. The Bertz CT molecular complexity index is 298. The summed E-state index contributed by atoms with van der Waals surface area (Å²) in [7, 11) is 2.26. The van der Waals surface area contributed by atoms with E-state index in [0.717, 1.165) is 0 Å². The predicted molar refractivity (Wildman–Crippen MR) is 81.8 cm³/mol. The molecule has 2 aliphatic rings. The minimum Gasteiger partial charge on any atom is -0.267 e. The van der Waals surface area contributed by atoms with E-state index in [1.165, 1.54) is 90.0 Å². The monoisotopic (exact) mass is 266 g/mol. The summed E-state index contributed by atoms with van der Waals surface area (Å²) in [6, 6.07) is 0. The highest BCUT2D eigenvalue weighted by molar-refractivity contribution is 5.76. The van der Waals surface area contributed by atoms with Gasteiger partial charge < -0.3 is 0 Å². The van der Waals surface area contributed by atoms with Crippen LogP contribution in [0, 0.1) is 0 Å². The molecule has 0 atom stereocenters. The Kier molecular flexibility index (Phi) is 5.99. The molecule has 0 saturated carbocycles. The Labute approximate surface area is 119 Å². The molecule has 0 amide bonds. The third-order valence-corrected chi connectivity index (χ3v) is 4.47. The highest BCUT2D eigenvalue weighted by Gasteiger charge is 2.33. The van der Waals surface area contributed by atoms with Crippen LogP contribution in [-0.2, 0) is 0 Å². The quantitative estimate of drug-likeness (QED) is 0.518. The minimum atomic E-state index is 1.23. The van der Waals surface area contributed by atoms with E-state index in [-0.39, 0.29) is 0 Å². The number of guanidine groups is 1. The molecule has 0 radical (unpaired) electrons. The molecule has 0 aliphatic carbocycles. The van der Waals surface area contributed by atoms with Crippen LogP contribution in [0.4, 0.5) is 0 Å². The van der Waals surface area contributed by atoms with E-state index in [4.69, 9.17) is 0 Å². The fraction of sp³-hybridized carbons (Fsp3) is 0.938. The van der Waals surface area contributed by atoms with Gasteiger partial charge in [-0.25, -0.2) is 0 Å². The summed E-state index contributed by atoms with van der Waals surface area (Å²) in [5.41, 5.74) is 0. The fourth-order valence-electron chi connectivity index (χ4n) is 3.44. The maximum absolute atomic E-state index is 2.64. The first-order chi connectivity index (χ1) is 9.33. The van der Waals surface area contributed by atoms with Gasteiger partial charge in [-0.1, -0.05) is 39.0 Å². The van der Waals surface area contributed by atoms with Gasteiger partial charge in [0.2, 0.25) is 0 Å². The summed E-state index contributed by atoms with van der Waals surface area (Å²) in [5, 5.41) is 0. The average molecular weight is 266 g/mol. The van der Waals surface area contributed by atoms with Gasteiger partial charge in [-0.3, -0.25) is 14.4 Å². The lowest BCUT2D eigenvalue weighted by Gasteiger charge is -2.36. The van der Waals surface area contributed by atoms with Crippen molar-refractivity contribution in [2.75, 3.05) is 39.8 Å². The van der Waals surface area contributed by atoms with Gasteiger partial charge in [0.1, 0.15) is 0 Å². The van der Waals surface area contributed by atoms with Crippen molar-refractivity contribution in [3.63, 3.8) is 0 Å².